The lowest BCUT2D eigenvalue weighted by Crippen LogP contribution is -2.29. The molecule has 7 heteroatoms. The average molecular weight is 353 g/mol. The minimum Gasteiger partial charge on any atom is -0.492 e. The van der Waals surface area contributed by atoms with E-state index in [4.69, 9.17) is 22.1 Å². The highest BCUT2D eigenvalue weighted by atomic mass is 32.1. The van der Waals surface area contributed by atoms with Gasteiger partial charge in [-0.05, 0) is 30.4 Å². The zero-order chi connectivity index (χ0) is 17.2. The van der Waals surface area contributed by atoms with Crippen LogP contribution in [-0.4, -0.2) is 37.4 Å². The fraction of sp³-hybridized carbons (Fsp3) is 0.278. The molecule has 0 atom stereocenters. The smallest absolute Gasteiger partial charge is 0.199 e. The molecule has 6 nitrogen and oxygen atoms in total. The van der Waals surface area contributed by atoms with Crippen LogP contribution in [-0.2, 0) is 20.3 Å². The summed E-state index contributed by atoms with van der Waals surface area (Å²) >= 11 is 5.58. The Bertz CT molecular complexity index is 934. The van der Waals surface area contributed by atoms with Crippen molar-refractivity contribution in [1.29, 1.82) is 0 Å². The first kappa shape index (κ1) is 16.0. The highest BCUT2D eigenvalue weighted by Gasteiger charge is 2.17. The molecule has 1 aliphatic heterocycles. The maximum absolute atomic E-state index is 5.83. The van der Waals surface area contributed by atoms with Gasteiger partial charge in [0, 0.05) is 43.7 Å². The van der Waals surface area contributed by atoms with Crippen LogP contribution in [0, 0.1) is 4.77 Å². The summed E-state index contributed by atoms with van der Waals surface area (Å²) in [5.41, 5.74) is 2.15. The van der Waals surface area contributed by atoms with Crippen molar-refractivity contribution in [3.05, 3.63) is 59.1 Å². The molecule has 4 rings (SSSR count). The molecule has 2 aromatic heterocycles. The van der Waals surface area contributed by atoms with E-state index in [0.29, 0.717) is 18.0 Å². The lowest BCUT2D eigenvalue weighted by atomic mass is 10.2. The Balaban J connectivity index is 1.60. The van der Waals surface area contributed by atoms with Gasteiger partial charge < -0.3 is 9.30 Å². The van der Waals surface area contributed by atoms with Crippen LogP contribution in [0.4, 0.5) is 0 Å². The van der Waals surface area contributed by atoms with Gasteiger partial charge in [0.25, 0.3) is 0 Å². The van der Waals surface area contributed by atoms with E-state index in [1.807, 2.05) is 46.6 Å². The SMILES string of the molecule is Cn1c(-c2cccnc2)nn(CN2CCOc3ccccc3C2)c1=S. The lowest BCUT2D eigenvalue weighted by Gasteiger charge is -2.18. The van der Waals surface area contributed by atoms with Crippen LogP contribution in [0.5, 0.6) is 5.75 Å². The molecule has 1 aliphatic rings. The molecule has 3 heterocycles. The number of para-hydroxylation sites is 1. The molecule has 0 saturated carbocycles. The molecular formula is C18H19N5OS. The molecule has 0 fully saturated rings. The number of hydrogen-bond acceptors (Lipinski definition) is 5. The van der Waals surface area contributed by atoms with E-state index < -0.39 is 0 Å². The molecule has 1 aromatic carbocycles. The quantitative estimate of drug-likeness (QED) is 0.678. The van der Waals surface area contributed by atoms with E-state index in [1.165, 1.54) is 5.56 Å². The summed E-state index contributed by atoms with van der Waals surface area (Å²) in [5.74, 6) is 1.79. The molecule has 0 radical (unpaired) electrons. The molecule has 0 spiro atoms. The summed E-state index contributed by atoms with van der Waals surface area (Å²) in [5, 5.41) is 4.71. The molecule has 0 aliphatic carbocycles. The maximum Gasteiger partial charge on any atom is 0.199 e. The minimum absolute atomic E-state index is 0.630. The summed E-state index contributed by atoms with van der Waals surface area (Å²) in [6.07, 6.45) is 3.56. The summed E-state index contributed by atoms with van der Waals surface area (Å²) < 4.78 is 10.3. The molecule has 0 N–H and O–H groups in total. The van der Waals surface area contributed by atoms with Crippen LogP contribution in [0.25, 0.3) is 11.4 Å². The largest absolute Gasteiger partial charge is 0.492 e. The first-order valence-electron chi connectivity index (χ1n) is 8.19. The van der Waals surface area contributed by atoms with Crippen LogP contribution in [0.2, 0.25) is 0 Å². The number of fused-ring (bicyclic) bond motifs is 1. The molecule has 0 unspecified atom stereocenters. The number of pyridine rings is 1. The van der Waals surface area contributed by atoms with Crippen molar-refractivity contribution in [1.82, 2.24) is 24.2 Å². The first-order valence-corrected chi connectivity index (χ1v) is 8.60. The van der Waals surface area contributed by atoms with E-state index in [0.717, 1.165) is 30.2 Å². The third-order valence-electron chi connectivity index (χ3n) is 4.33. The highest BCUT2D eigenvalue weighted by molar-refractivity contribution is 7.71. The van der Waals surface area contributed by atoms with Gasteiger partial charge in [0.15, 0.2) is 10.6 Å². The Morgan fingerprint density at radius 3 is 2.92 bits per heavy atom. The van der Waals surface area contributed by atoms with Crippen molar-refractivity contribution < 1.29 is 4.74 Å². The summed E-state index contributed by atoms with van der Waals surface area (Å²) in [6.45, 7) is 2.93. The number of aromatic nitrogens is 4. The van der Waals surface area contributed by atoms with E-state index in [2.05, 4.69) is 16.0 Å². The molecule has 0 amide bonds. The van der Waals surface area contributed by atoms with Crippen molar-refractivity contribution >= 4 is 12.2 Å². The number of rotatable bonds is 3. The average Bonchev–Trinajstić information content (AvgIpc) is 2.82. The standard InChI is InChI=1S/C18H19N5OS/c1-21-17(14-6-4-8-19-11-14)20-23(18(21)25)13-22-9-10-24-16-7-3-2-5-15(16)12-22/h2-8,11H,9-10,12-13H2,1H3. The Morgan fingerprint density at radius 1 is 1.20 bits per heavy atom. The van der Waals surface area contributed by atoms with Gasteiger partial charge in [-0.2, -0.15) is 5.10 Å². The van der Waals surface area contributed by atoms with Crippen molar-refractivity contribution in [2.45, 2.75) is 13.2 Å². The molecular weight excluding hydrogens is 334 g/mol. The van der Waals surface area contributed by atoms with Gasteiger partial charge in [-0.25, -0.2) is 4.68 Å². The number of nitrogens with zero attached hydrogens (tertiary/aromatic N) is 5. The van der Waals surface area contributed by atoms with E-state index >= 15 is 0 Å². The summed E-state index contributed by atoms with van der Waals surface area (Å²) in [4.78, 5) is 6.46. The number of ether oxygens (including phenoxy) is 1. The monoisotopic (exact) mass is 353 g/mol. The fourth-order valence-corrected chi connectivity index (χ4v) is 3.20. The first-order chi connectivity index (χ1) is 12.2. The molecule has 0 saturated heterocycles. The van der Waals surface area contributed by atoms with Crippen molar-refractivity contribution in [2.75, 3.05) is 13.2 Å². The molecule has 0 bridgehead atoms. The van der Waals surface area contributed by atoms with Gasteiger partial charge >= 0.3 is 0 Å². The highest BCUT2D eigenvalue weighted by Crippen LogP contribution is 2.23. The predicted molar refractivity (Wildman–Crippen MR) is 97.6 cm³/mol. The third kappa shape index (κ3) is 3.20. The van der Waals surface area contributed by atoms with E-state index in [1.54, 1.807) is 12.4 Å². The van der Waals surface area contributed by atoms with Crippen LogP contribution < -0.4 is 4.74 Å². The normalized spacial score (nSPS) is 14.6. The van der Waals surface area contributed by atoms with Gasteiger partial charge in [0.05, 0.1) is 6.67 Å². The molecule has 3 aromatic rings. The van der Waals surface area contributed by atoms with Gasteiger partial charge in [0.2, 0.25) is 0 Å². The summed E-state index contributed by atoms with van der Waals surface area (Å²) in [7, 11) is 1.94. The Kier molecular flexibility index (Phi) is 4.33. The van der Waals surface area contributed by atoms with Crippen molar-refractivity contribution in [3.8, 4) is 17.1 Å². The van der Waals surface area contributed by atoms with E-state index in [-0.39, 0.29) is 0 Å². The second-order valence-corrected chi connectivity index (χ2v) is 6.42. The Labute approximate surface area is 151 Å². The fourth-order valence-electron chi connectivity index (χ4n) is 3.02. The summed E-state index contributed by atoms with van der Waals surface area (Å²) in [6, 6.07) is 12.1. The van der Waals surface area contributed by atoms with Gasteiger partial charge in [-0.15, -0.1) is 0 Å². The van der Waals surface area contributed by atoms with Crippen molar-refractivity contribution in [2.24, 2.45) is 7.05 Å². The zero-order valence-corrected chi connectivity index (χ0v) is 14.8. The number of hydrogen-bond donors (Lipinski definition) is 0. The minimum atomic E-state index is 0.630. The van der Waals surface area contributed by atoms with Gasteiger partial charge in [-0.1, -0.05) is 18.2 Å². The second-order valence-electron chi connectivity index (χ2n) is 6.06. The van der Waals surface area contributed by atoms with Crippen LogP contribution in [0.15, 0.2) is 48.8 Å². The lowest BCUT2D eigenvalue weighted by molar-refractivity contribution is 0.177. The predicted octanol–water partition coefficient (Wildman–Crippen LogP) is 2.87. The molecule has 25 heavy (non-hydrogen) atoms. The van der Waals surface area contributed by atoms with E-state index in [9.17, 15) is 0 Å². The van der Waals surface area contributed by atoms with Crippen LogP contribution in [0.1, 0.15) is 5.56 Å². The van der Waals surface area contributed by atoms with Crippen LogP contribution in [0.3, 0.4) is 0 Å². The topological polar surface area (TPSA) is 48.1 Å². The number of benzene rings is 1. The van der Waals surface area contributed by atoms with Crippen molar-refractivity contribution in [3.63, 3.8) is 0 Å². The Hall–Kier alpha value is -2.51. The van der Waals surface area contributed by atoms with Gasteiger partial charge in [-0.3, -0.25) is 9.88 Å². The maximum atomic E-state index is 5.83. The second kappa shape index (κ2) is 6.78. The van der Waals surface area contributed by atoms with Crippen LogP contribution >= 0.6 is 12.2 Å². The molecule has 128 valence electrons. The Morgan fingerprint density at radius 2 is 2.08 bits per heavy atom. The van der Waals surface area contributed by atoms with Gasteiger partial charge in [0.1, 0.15) is 12.4 Å². The zero-order valence-electron chi connectivity index (χ0n) is 14.0. The third-order valence-corrected chi connectivity index (χ3v) is 4.81.